The highest BCUT2D eigenvalue weighted by Crippen LogP contribution is 2.30. The highest BCUT2D eigenvalue weighted by molar-refractivity contribution is 5.95. The van der Waals surface area contributed by atoms with E-state index in [1.807, 2.05) is 24.3 Å². The first-order valence-electron chi connectivity index (χ1n) is 8.15. The van der Waals surface area contributed by atoms with E-state index in [4.69, 9.17) is 10.5 Å². The number of carbonyl (C=O) groups excluding carboxylic acids is 1. The van der Waals surface area contributed by atoms with Crippen molar-refractivity contribution >= 4 is 17.3 Å². The summed E-state index contributed by atoms with van der Waals surface area (Å²) in [7, 11) is 1.53. The topological polar surface area (TPSA) is 67.6 Å². The summed E-state index contributed by atoms with van der Waals surface area (Å²) in [5.74, 6) is -0.230. The lowest BCUT2D eigenvalue weighted by molar-refractivity contribution is -0.118. The number of methoxy groups -OCH3 is 1. The molecule has 2 aromatic carbocycles. The number of hydrogen-bond acceptors (Lipinski definition) is 4. The van der Waals surface area contributed by atoms with Gasteiger partial charge in [0.05, 0.1) is 6.61 Å². The lowest BCUT2D eigenvalue weighted by atomic mass is 10.1. The van der Waals surface area contributed by atoms with Crippen LogP contribution < -0.4 is 16.0 Å². The molecule has 126 valence electrons. The van der Waals surface area contributed by atoms with Crippen molar-refractivity contribution in [3.63, 3.8) is 0 Å². The van der Waals surface area contributed by atoms with Gasteiger partial charge in [0.15, 0.2) is 0 Å². The van der Waals surface area contributed by atoms with Crippen molar-refractivity contribution in [1.82, 2.24) is 0 Å². The van der Waals surface area contributed by atoms with Gasteiger partial charge in [-0.1, -0.05) is 36.4 Å². The Morgan fingerprint density at radius 2 is 2.00 bits per heavy atom. The standard InChI is InChI=1S/C19H23N3O2/c1-24-13-16(20)19(23)21-17-8-4-2-7-15(17)12-22-11-10-14-6-3-5-9-18(14)22/h2-9,16H,10-13,20H2,1H3,(H,21,23). The lowest BCUT2D eigenvalue weighted by Crippen LogP contribution is -2.39. The third kappa shape index (κ3) is 3.58. The van der Waals surface area contributed by atoms with E-state index in [2.05, 4.69) is 34.5 Å². The number of ether oxygens (including phenoxy) is 1. The molecule has 24 heavy (non-hydrogen) atoms. The summed E-state index contributed by atoms with van der Waals surface area (Å²) in [6.07, 6.45) is 1.06. The average Bonchev–Trinajstić information content (AvgIpc) is 3.00. The van der Waals surface area contributed by atoms with Crippen molar-refractivity contribution in [3.05, 3.63) is 59.7 Å². The van der Waals surface area contributed by atoms with Crippen molar-refractivity contribution in [2.24, 2.45) is 5.73 Å². The Bertz CT molecular complexity index is 717. The number of fused-ring (bicyclic) bond motifs is 1. The molecule has 0 saturated heterocycles. The molecule has 0 spiro atoms. The molecule has 1 heterocycles. The maximum absolute atomic E-state index is 12.2. The van der Waals surface area contributed by atoms with Crippen LogP contribution >= 0.6 is 0 Å². The van der Waals surface area contributed by atoms with Crippen molar-refractivity contribution < 1.29 is 9.53 Å². The van der Waals surface area contributed by atoms with E-state index in [1.54, 1.807) is 0 Å². The zero-order valence-electron chi connectivity index (χ0n) is 13.9. The van der Waals surface area contributed by atoms with Crippen molar-refractivity contribution in [2.45, 2.75) is 19.0 Å². The number of hydrogen-bond donors (Lipinski definition) is 2. The van der Waals surface area contributed by atoms with Crippen LogP contribution in [-0.2, 0) is 22.5 Å². The molecule has 0 saturated carbocycles. The fourth-order valence-electron chi connectivity index (χ4n) is 3.04. The van der Waals surface area contributed by atoms with Gasteiger partial charge in [-0.25, -0.2) is 0 Å². The van der Waals surface area contributed by atoms with E-state index in [1.165, 1.54) is 18.4 Å². The van der Waals surface area contributed by atoms with E-state index >= 15 is 0 Å². The molecule has 1 unspecified atom stereocenters. The average molecular weight is 325 g/mol. The zero-order chi connectivity index (χ0) is 16.9. The number of nitrogens with zero attached hydrogens (tertiary/aromatic N) is 1. The van der Waals surface area contributed by atoms with E-state index < -0.39 is 6.04 Å². The molecule has 3 rings (SSSR count). The number of nitrogens with one attached hydrogen (secondary N) is 1. The molecule has 1 aliphatic heterocycles. The molecule has 0 bridgehead atoms. The highest BCUT2D eigenvalue weighted by atomic mass is 16.5. The molecule has 0 radical (unpaired) electrons. The maximum atomic E-state index is 12.2. The second kappa shape index (κ2) is 7.47. The van der Waals surface area contributed by atoms with Crippen LogP contribution in [0.15, 0.2) is 48.5 Å². The smallest absolute Gasteiger partial charge is 0.243 e. The summed E-state index contributed by atoms with van der Waals surface area (Å²) >= 11 is 0. The Labute approximate surface area is 142 Å². The van der Waals surface area contributed by atoms with E-state index in [0.717, 1.165) is 30.8 Å². The lowest BCUT2D eigenvalue weighted by Gasteiger charge is -2.22. The summed E-state index contributed by atoms with van der Waals surface area (Å²) in [5, 5.41) is 2.92. The Hall–Kier alpha value is -2.37. The summed E-state index contributed by atoms with van der Waals surface area (Å²) in [4.78, 5) is 14.5. The van der Waals surface area contributed by atoms with Gasteiger partial charge in [-0.3, -0.25) is 4.79 Å². The molecule has 1 aliphatic rings. The summed E-state index contributed by atoms with van der Waals surface area (Å²) in [6.45, 7) is 1.95. The summed E-state index contributed by atoms with van der Waals surface area (Å²) in [6, 6.07) is 15.6. The van der Waals surface area contributed by atoms with Gasteiger partial charge < -0.3 is 20.7 Å². The van der Waals surface area contributed by atoms with Crippen molar-refractivity contribution in [2.75, 3.05) is 30.5 Å². The first-order chi connectivity index (χ1) is 11.7. The number of para-hydroxylation sites is 2. The van der Waals surface area contributed by atoms with Crippen LogP contribution in [0.1, 0.15) is 11.1 Å². The van der Waals surface area contributed by atoms with Gasteiger partial charge in [0.2, 0.25) is 5.91 Å². The Kier molecular flexibility index (Phi) is 5.13. The van der Waals surface area contributed by atoms with Gasteiger partial charge in [0, 0.05) is 31.6 Å². The molecule has 5 nitrogen and oxygen atoms in total. The minimum absolute atomic E-state index is 0.202. The van der Waals surface area contributed by atoms with Crippen LogP contribution in [-0.4, -0.2) is 32.2 Å². The minimum atomic E-state index is -0.671. The van der Waals surface area contributed by atoms with Crippen LogP contribution in [0, 0.1) is 0 Å². The van der Waals surface area contributed by atoms with Gasteiger partial charge in [0.25, 0.3) is 0 Å². The Morgan fingerprint density at radius 1 is 1.25 bits per heavy atom. The second-order valence-corrected chi connectivity index (χ2v) is 6.01. The van der Waals surface area contributed by atoms with E-state index in [9.17, 15) is 4.79 Å². The van der Waals surface area contributed by atoms with Crippen LogP contribution in [0.2, 0.25) is 0 Å². The molecule has 5 heteroatoms. The first kappa shape index (κ1) is 16.5. The largest absolute Gasteiger partial charge is 0.383 e. The quantitative estimate of drug-likeness (QED) is 0.854. The minimum Gasteiger partial charge on any atom is -0.383 e. The molecule has 2 aromatic rings. The maximum Gasteiger partial charge on any atom is 0.243 e. The number of benzene rings is 2. The fourth-order valence-corrected chi connectivity index (χ4v) is 3.04. The van der Waals surface area contributed by atoms with Gasteiger partial charge in [-0.15, -0.1) is 0 Å². The predicted octanol–water partition coefficient (Wildman–Crippen LogP) is 2.16. The molecular formula is C19H23N3O2. The van der Waals surface area contributed by atoms with Crippen molar-refractivity contribution in [1.29, 1.82) is 0 Å². The van der Waals surface area contributed by atoms with Gasteiger partial charge in [-0.2, -0.15) is 0 Å². The van der Waals surface area contributed by atoms with Crippen LogP contribution in [0.25, 0.3) is 0 Å². The Morgan fingerprint density at radius 3 is 2.83 bits per heavy atom. The number of carbonyl (C=O) groups is 1. The van der Waals surface area contributed by atoms with Crippen LogP contribution in [0.4, 0.5) is 11.4 Å². The summed E-state index contributed by atoms with van der Waals surface area (Å²) in [5.41, 5.74) is 10.3. The summed E-state index contributed by atoms with van der Waals surface area (Å²) < 4.78 is 4.95. The van der Waals surface area contributed by atoms with E-state index in [-0.39, 0.29) is 12.5 Å². The molecular weight excluding hydrogens is 302 g/mol. The first-order valence-corrected chi connectivity index (χ1v) is 8.15. The monoisotopic (exact) mass is 325 g/mol. The Balaban J connectivity index is 1.75. The molecule has 3 N–H and O–H groups in total. The second-order valence-electron chi connectivity index (χ2n) is 6.01. The number of nitrogens with two attached hydrogens (primary N) is 1. The SMILES string of the molecule is COCC(N)C(=O)Nc1ccccc1CN1CCc2ccccc21. The third-order valence-corrected chi connectivity index (χ3v) is 4.30. The van der Waals surface area contributed by atoms with E-state index in [0.29, 0.717) is 0 Å². The highest BCUT2D eigenvalue weighted by Gasteiger charge is 2.20. The molecule has 0 fully saturated rings. The number of amides is 1. The van der Waals surface area contributed by atoms with Crippen LogP contribution in [0.3, 0.4) is 0 Å². The molecule has 0 aromatic heterocycles. The van der Waals surface area contributed by atoms with Gasteiger partial charge in [0.1, 0.15) is 6.04 Å². The fraction of sp³-hybridized carbons (Fsp3) is 0.316. The van der Waals surface area contributed by atoms with Crippen molar-refractivity contribution in [3.8, 4) is 0 Å². The normalized spacial score (nSPS) is 14.3. The molecule has 1 amide bonds. The van der Waals surface area contributed by atoms with Gasteiger partial charge >= 0.3 is 0 Å². The zero-order valence-corrected chi connectivity index (χ0v) is 13.9. The third-order valence-electron chi connectivity index (χ3n) is 4.30. The van der Waals surface area contributed by atoms with Crippen LogP contribution in [0.5, 0.6) is 0 Å². The molecule has 1 atom stereocenters. The molecule has 0 aliphatic carbocycles. The number of rotatable bonds is 6. The number of anilines is 2. The van der Waals surface area contributed by atoms with Gasteiger partial charge in [-0.05, 0) is 29.7 Å². The predicted molar refractivity (Wildman–Crippen MR) is 96.1 cm³/mol.